The average Bonchev–Trinajstić information content (AvgIpc) is 2.52. The van der Waals surface area contributed by atoms with E-state index in [-0.39, 0.29) is 18.0 Å². The molecule has 0 bridgehead atoms. The zero-order chi connectivity index (χ0) is 17.7. The number of aromatic nitrogens is 2. The predicted molar refractivity (Wildman–Crippen MR) is 94.7 cm³/mol. The molecule has 0 aliphatic heterocycles. The second-order valence-corrected chi connectivity index (χ2v) is 6.82. The van der Waals surface area contributed by atoms with Gasteiger partial charge in [0.2, 0.25) is 0 Å². The van der Waals surface area contributed by atoms with Crippen LogP contribution in [0.1, 0.15) is 26.5 Å². The maximum Gasteiger partial charge on any atom is 0.319 e. The SMILES string of the molecule is Cc1ccnc(-c2ccc(NC(=O)NCC(O)C(C)(C)C)cc2)n1. The number of carbonyl (C=O) groups excluding carboxylic acids is 1. The number of hydrogen-bond donors (Lipinski definition) is 3. The molecule has 6 nitrogen and oxygen atoms in total. The number of rotatable bonds is 4. The number of hydrogen-bond acceptors (Lipinski definition) is 4. The van der Waals surface area contributed by atoms with Crippen molar-refractivity contribution in [3.63, 3.8) is 0 Å². The van der Waals surface area contributed by atoms with Crippen molar-refractivity contribution in [1.29, 1.82) is 0 Å². The predicted octanol–water partition coefficient (Wildman–Crippen LogP) is 2.98. The standard InChI is InChI=1S/C18H24N4O2/c1-12-9-10-19-16(21-12)13-5-7-14(8-6-13)22-17(24)20-11-15(23)18(2,3)4/h5-10,15,23H,11H2,1-4H3,(H2,20,22,24). The topological polar surface area (TPSA) is 87.1 Å². The molecule has 2 rings (SSSR count). The summed E-state index contributed by atoms with van der Waals surface area (Å²) in [5.74, 6) is 0.652. The van der Waals surface area contributed by atoms with E-state index in [1.165, 1.54) is 0 Å². The van der Waals surface area contributed by atoms with Gasteiger partial charge in [0.25, 0.3) is 0 Å². The molecule has 1 aromatic heterocycles. The summed E-state index contributed by atoms with van der Waals surface area (Å²) >= 11 is 0. The third kappa shape index (κ3) is 5.03. The third-order valence-corrected chi connectivity index (χ3v) is 3.65. The van der Waals surface area contributed by atoms with E-state index in [1.807, 2.05) is 45.9 Å². The Morgan fingerprint density at radius 3 is 2.46 bits per heavy atom. The zero-order valence-corrected chi connectivity index (χ0v) is 14.5. The Labute approximate surface area is 142 Å². The number of amides is 2. The van der Waals surface area contributed by atoms with Crippen molar-refractivity contribution < 1.29 is 9.90 Å². The highest BCUT2D eigenvalue weighted by Gasteiger charge is 2.22. The second-order valence-electron chi connectivity index (χ2n) is 6.82. The summed E-state index contributed by atoms with van der Waals surface area (Å²) < 4.78 is 0. The molecule has 1 atom stereocenters. The van der Waals surface area contributed by atoms with Crippen molar-refractivity contribution in [3.8, 4) is 11.4 Å². The quantitative estimate of drug-likeness (QED) is 0.805. The number of nitrogens with zero attached hydrogens (tertiary/aromatic N) is 2. The molecule has 128 valence electrons. The van der Waals surface area contributed by atoms with E-state index in [2.05, 4.69) is 20.6 Å². The molecule has 1 unspecified atom stereocenters. The molecule has 6 heteroatoms. The van der Waals surface area contributed by atoms with Crippen molar-refractivity contribution in [2.75, 3.05) is 11.9 Å². The maximum atomic E-state index is 11.9. The summed E-state index contributed by atoms with van der Waals surface area (Å²) in [6, 6.07) is 8.79. The zero-order valence-electron chi connectivity index (χ0n) is 14.5. The maximum absolute atomic E-state index is 11.9. The number of aliphatic hydroxyl groups is 1. The number of carbonyl (C=O) groups is 1. The van der Waals surface area contributed by atoms with Gasteiger partial charge in [0.15, 0.2) is 5.82 Å². The van der Waals surface area contributed by atoms with Crippen LogP contribution in [0.25, 0.3) is 11.4 Å². The van der Waals surface area contributed by atoms with Crippen LogP contribution in [0.5, 0.6) is 0 Å². The lowest BCUT2D eigenvalue weighted by Crippen LogP contribution is -2.40. The Kier molecular flexibility index (Phi) is 5.51. The Bertz CT molecular complexity index is 693. The molecule has 0 fully saturated rings. The number of aryl methyl sites for hydroxylation is 1. The van der Waals surface area contributed by atoms with Gasteiger partial charge in [-0.2, -0.15) is 0 Å². The van der Waals surface area contributed by atoms with Crippen LogP contribution >= 0.6 is 0 Å². The first kappa shape index (κ1) is 17.9. The van der Waals surface area contributed by atoms with Crippen LogP contribution in [-0.4, -0.2) is 33.8 Å². The van der Waals surface area contributed by atoms with E-state index in [0.717, 1.165) is 11.3 Å². The molecule has 0 aliphatic carbocycles. The van der Waals surface area contributed by atoms with Gasteiger partial charge in [-0.15, -0.1) is 0 Å². The lowest BCUT2D eigenvalue weighted by Gasteiger charge is -2.25. The van der Waals surface area contributed by atoms with Crippen molar-refractivity contribution in [2.24, 2.45) is 5.41 Å². The van der Waals surface area contributed by atoms with E-state index in [4.69, 9.17) is 0 Å². The highest BCUT2D eigenvalue weighted by atomic mass is 16.3. The average molecular weight is 328 g/mol. The fraction of sp³-hybridized carbons (Fsp3) is 0.389. The van der Waals surface area contributed by atoms with Crippen LogP contribution in [0.15, 0.2) is 36.5 Å². The van der Waals surface area contributed by atoms with E-state index in [1.54, 1.807) is 18.3 Å². The summed E-state index contributed by atoms with van der Waals surface area (Å²) in [6.07, 6.45) is 1.11. The van der Waals surface area contributed by atoms with Crippen molar-refractivity contribution in [1.82, 2.24) is 15.3 Å². The molecule has 0 saturated heterocycles. The highest BCUT2D eigenvalue weighted by Crippen LogP contribution is 2.19. The molecular formula is C18H24N4O2. The third-order valence-electron chi connectivity index (χ3n) is 3.65. The van der Waals surface area contributed by atoms with Crippen molar-refractivity contribution >= 4 is 11.7 Å². The molecule has 0 spiro atoms. The fourth-order valence-corrected chi connectivity index (χ4v) is 1.96. The monoisotopic (exact) mass is 328 g/mol. The Morgan fingerprint density at radius 1 is 1.21 bits per heavy atom. The first-order chi connectivity index (χ1) is 11.3. The van der Waals surface area contributed by atoms with Crippen LogP contribution in [-0.2, 0) is 0 Å². The Morgan fingerprint density at radius 2 is 1.88 bits per heavy atom. The van der Waals surface area contributed by atoms with Gasteiger partial charge in [-0.3, -0.25) is 0 Å². The van der Waals surface area contributed by atoms with Gasteiger partial charge >= 0.3 is 6.03 Å². The minimum atomic E-state index is -0.607. The number of urea groups is 1. The molecule has 2 aromatic rings. The smallest absolute Gasteiger partial charge is 0.319 e. The van der Waals surface area contributed by atoms with Crippen LogP contribution in [0, 0.1) is 12.3 Å². The van der Waals surface area contributed by atoms with E-state index in [0.29, 0.717) is 11.5 Å². The van der Waals surface area contributed by atoms with Gasteiger partial charge in [0, 0.05) is 29.7 Å². The van der Waals surface area contributed by atoms with E-state index < -0.39 is 6.10 Å². The van der Waals surface area contributed by atoms with Crippen LogP contribution < -0.4 is 10.6 Å². The highest BCUT2D eigenvalue weighted by molar-refractivity contribution is 5.89. The van der Waals surface area contributed by atoms with Gasteiger partial charge in [-0.1, -0.05) is 20.8 Å². The molecule has 3 N–H and O–H groups in total. The van der Waals surface area contributed by atoms with Crippen LogP contribution in [0.2, 0.25) is 0 Å². The van der Waals surface area contributed by atoms with Crippen molar-refractivity contribution in [2.45, 2.75) is 33.8 Å². The van der Waals surface area contributed by atoms with Gasteiger partial charge in [-0.05, 0) is 42.7 Å². The molecule has 0 radical (unpaired) electrons. The summed E-state index contributed by atoms with van der Waals surface area (Å²) in [5.41, 5.74) is 2.17. The molecule has 0 aliphatic rings. The first-order valence-electron chi connectivity index (χ1n) is 7.89. The molecule has 1 aromatic carbocycles. The van der Waals surface area contributed by atoms with E-state index >= 15 is 0 Å². The van der Waals surface area contributed by atoms with E-state index in [9.17, 15) is 9.90 Å². The normalized spacial score (nSPS) is 12.5. The van der Waals surface area contributed by atoms with Gasteiger partial charge in [0.1, 0.15) is 0 Å². The van der Waals surface area contributed by atoms with Gasteiger partial charge < -0.3 is 15.7 Å². The second kappa shape index (κ2) is 7.40. The number of aliphatic hydroxyl groups excluding tert-OH is 1. The fourth-order valence-electron chi connectivity index (χ4n) is 1.96. The molecule has 2 amide bonds. The Hall–Kier alpha value is -2.47. The van der Waals surface area contributed by atoms with Crippen LogP contribution in [0.4, 0.5) is 10.5 Å². The number of nitrogens with one attached hydrogen (secondary N) is 2. The first-order valence-corrected chi connectivity index (χ1v) is 7.89. The summed E-state index contributed by atoms with van der Waals surface area (Å²) in [7, 11) is 0. The summed E-state index contributed by atoms with van der Waals surface area (Å²) in [4.78, 5) is 20.5. The van der Waals surface area contributed by atoms with Crippen molar-refractivity contribution in [3.05, 3.63) is 42.2 Å². The summed E-state index contributed by atoms with van der Waals surface area (Å²) in [5, 5.41) is 15.3. The van der Waals surface area contributed by atoms with Gasteiger partial charge in [-0.25, -0.2) is 14.8 Å². The molecule has 1 heterocycles. The van der Waals surface area contributed by atoms with Gasteiger partial charge in [0.05, 0.1) is 6.10 Å². The molecule has 0 saturated carbocycles. The lowest BCUT2D eigenvalue weighted by molar-refractivity contribution is 0.0654. The number of anilines is 1. The largest absolute Gasteiger partial charge is 0.391 e. The molecular weight excluding hydrogens is 304 g/mol. The Balaban J connectivity index is 1.93. The van der Waals surface area contributed by atoms with Crippen LogP contribution in [0.3, 0.4) is 0 Å². The number of benzene rings is 1. The minimum Gasteiger partial charge on any atom is -0.391 e. The lowest BCUT2D eigenvalue weighted by atomic mass is 9.89. The minimum absolute atomic E-state index is 0.199. The molecule has 24 heavy (non-hydrogen) atoms. The summed E-state index contributed by atoms with van der Waals surface area (Å²) in [6.45, 7) is 7.87.